The molecule has 0 aliphatic carbocycles. The van der Waals surface area contributed by atoms with Crippen molar-refractivity contribution in [1.82, 2.24) is 14.5 Å². The number of ether oxygens (including phenoxy) is 1. The Hall–Kier alpha value is -2.39. The molecule has 142 valence electrons. The number of likely N-dealkylation sites (N-methyl/N-ethyl adjacent to an activating group) is 1. The standard InChI is InChI=1S/C17H24N4O4S/c1-11(2)25-15-8-6-14(7-9-15)18-16(22)10-21(5)26(23,24)17-12(3)19-20-13(17)4/h6-9,11H,10H2,1-5H3,(H,18,22)(H,19,20). The molecule has 2 N–H and O–H groups in total. The predicted octanol–water partition coefficient (Wildman–Crippen LogP) is 2.07. The molecule has 1 aromatic carbocycles. The third-order valence-electron chi connectivity index (χ3n) is 3.60. The van der Waals surface area contributed by atoms with Gasteiger partial charge in [0.1, 0.15) is 10.6 Å². The molecule has 1 heterocycles. The number of aromatic amines is 1. The van der Waals surface area contributed by atoms with E-state index in [9.17, 15) is 13.2 Å². The van der Waals surface area contributed by atoms with Gasteiger partial charge in [-0.05, 0) is 52.0 Å². The molecule has 0 radical (unpaired) electrons. The predicted molar refractivity (Wildman–Crippen MR) is 98.7 cm³/mol. The zero-order valence-electron chi connectivity index (χ0n) is 15.5. The number of hydrogen-bond acceptors (Lipinski definition) is 5. The minimum atomic E-state index is -3.81. The van der Waals surface area contributed by atoms with E-state index in [2.05, 4.69) is 15.5 Å². The number of hydrogen-bond donors (Lipinski definition) is 2. The van der Waals surface area contributed by atoms with E-state index in [1.807, 2.05) is 13.8 Å². The first-order chi connectivity index (χ1) is 12.1. The second-order valence-electron chi connectivity index (χ2n) is 6.26. The van der Waals surface area contributed by atoms with Crippen molar-refractivity contribution >= 4 is 21.6 Å². The van der Waals surface area contributed by atoms with Crippen LogP contribution in [0.3, 0.4) is 0 Å². The summed E-state index contributed by atoms with van der Waals surface area (Å²) in [6.45, 7) is 6.77. The van der Waals surface area contributed by atoms with E-state index in [0.717, 1.165) is 4.31 Å². The van der Waals surface area contributed by atoms with Gasteiger partial charge in [0.25, 0.3) is 0 Å². The third-order valence-corrected chi connectivity index (χ3v) is 5.67. The SMILES string of the molecule is Cc1n[nH]c(C)c1S(=O)(=O)N(C)CC(=O)Nc1ccc(OC(C)C)cc1. The fourth-order valence-electron chi connectivity index (χ4n) is 2.45. The van der Waals surface area contributed by atoms with Gasteiger partial charge in [0.15, 0.2) is 0 Å². The van der Waals surface area contributed by atoms with Crippen LogP contribution in [0.1, 0.15) is 25.2 Å². The highest BCUT2D eigenvalue weighted by molar-refractivity contribution is 7.89. The molecule has 26 heavy (non-hydrogen) atoms. The van der Waals surface area contributed by atoms with Gasteiger partial charge in [-0.15, -0.1) is 0 Å². The Kier molecular flexibility index (Phi) is 6.04. The van der Waals surface area contributed by atoms with E-state index < -0.39 is 15.9 Å². The van der Waals surface area contributed by atoms with Crippen LogP contribution in [-0.2, 0) is 14.8 Å². The number of sulfonamides is 1. The Labute approximate surface area is 153 Å². The molecular weight excluding hydrogens is 356 g/mol. The fourth-order valence-corrected chi connectivity index (χ4v) is 3.90. The molecule has 0 bridgehead atoms. The van der Waals surface area contributed by atoms with Crippen LogP contribution in [0.2, 0.25) is 0 Å². The summed E-state index contributed by atoms with van der Waals surface area (Å²) >= 11 is 0. The van der Waals surface area contributed by atoms with Crippen LogP contribution in [0.5, 0.6) is 5.75 Å². The maximum Gasteiger partial charge on any atom is 0.246 e. The van der Waals surface area contributed by atoms with Gasteiger partial charge in [0, 0.05) is 12.7 Å². The lowest BCUT2D eigenvalue weighted by atomic mass is 10.3. The Bertz CT molecular complexity index is 853. The molecule has 0 aliphatic rings. The summed E-state index contributed by atoms with van der Waals surface area (Å²) in [5, 5.41) is 9.21. The van der Waals surface area contributed by atoms with Gasteiger partial charge in [0.05, 0.1) is 24.0 Å². The van der Waals surface area contributed by atoms with Crippen LogP contribution >= 0.6 is 0 Å². The zero-order valence-corrected chi connectivity index (χ0v) is 16.3. The van der Waals surface area contributed by atoms with Gasteiger partial charge in [-0.25, -0.2) is 8.42 Å². The molecule has 9 heteroatoms. The molecule has 0 spiro atoms. The van der Waals surface area contributed by atoms with Crippen molar-refractivity contribution in [1.29, 1.82) is 0 Å². The molecule has 0 unspecified atom stereocenters. The van der Waals surface area contributed by atoms with E-state index in [1.165, 1.54) is 7.05 Å². The van der Waals surface area contributed by atoms with Crippen molar-refractivity contribution in [2.75, 3.05) is 18.9 Å². The molecule has 8 nitrogen and oxygen atoms in total. The summed E-state index contributed by atoms with van der Waals surface area (Å²) < 4.78 is 31.8. The van der Waals surface area contributed by atoms with E-state index in [-0.39, 0.29) is 17.5 Å². The minimum absolute atomic E-state index is 0.0594. The average molecular weight is 380 g/mol. The summed E-state index contributed by atoms with van der Waals surface area (Å²) in [6.07, 6.45) is 0.0594. The average Bonchev–Trinajstić information content (AvgIpc) is 2.88. The first-order valence-corrected chi connectivity index (χ1v) is 9.59. The molecule has 0 fully saturated rings. The van der Waals surface area contributed by atoms with Gasteiger partial charge in [0.2, 0.25) is 15.9 Å². The van der Waals surface area contributed by atoms with Crippen LogP contribution < -0.4 is 10.1 Å². The summed E-state index contributed by atoms with van der Waals surface area (Å²) in [7, 11) is -2.44. The largest absolute Gasteiger partial charge is 0.491 e. The highest BCUT2D eigenvalue weighted by Gasteiger charge is 2.28. The van der Waals surface area contributed by atoms with Crippen LogP contribution in [-0.4, -0.2) is 48.5 Å². The second-order valence-corrected chi connectivity index (χ2v) is 8.25. The van der Waals surface area contributed by atoms with Crippen molar-refractivity contribution in [3.8, 4) is 5.75 Å². The summed E-state index contributed by atoms with van der Waals surface area (Å²) in [6, 6.07) is 6.89. The number of nitrogens with one attached hydrogen (secondary N) is 2. The van der Waals surface area contributed by atoms with Gasteiger partial charge in [-0.1, -0.05) is 0 Å². The summed E-state index contributed by atoms with van der Waals surface area (Å²) in [4.78, 5) is 12.3. The van der Waals surface area contributed by atoms with Crippen molar-refractivity contribution in [2.45, 2.75) is 38.7 Å². The Morgan fingerprint density at radius 1 is 1.27 bits per heavy atom. The molecule has 2 aromatic rings. The lowest BCUT2D eigenvalue weighted by Crippen LogP contribution is -2.35. The first-order valence-electron chi connectivity index (χ1n) is 8.15. The number of carbonyl (C=O) groups is 1. The number of benzene rings is 1. The number of rotatable bonds is 7. The second kappa shape index (κ2) is 7.88. The maximum atomic E-state index is 12.6. The topological polar surface area (TPSA) is 104 Å². The Morgan fingerprint density at radius 2 is 1.88 bits per heavy atom. The smallest absolute Gasteiger partial charge is 0.246 e. The molecule has 2 rings (SSSR count). The first kappa shape index (κ1) is 19.9. The molecular formula is C17H24N4O4S. The Balaban J connectivity index is 2.03. The lowest BCUT2D eigenvalue weighted by molar-refractivity contribution is -0.116. The maximum absolute atomic E-state index is 12.6. The van der Waals surface area contributed by atoms with Crippen LogP contribution in [0.25, 0.3) is 0 Å². The number of nitrogens with zero attached hydrogens (tertiary/aromatic N) is 2. The monoisotopic (exact) mass is 380 g/mol. The van der Waals surface area contributed by atoms with Crippen LogP contribution in [0, 0.1) is 13.8 Å². The zero-order chi connectivity index (χ0) is 19.5. The molecule has 0 saturated carbocycles. The van der Waals surface area contributed by atoms with E-state index in [4.69, 9.17) is 4.74 Å². The van der Waals surface area contributed by atoms with Gasteiger partial charge < -0.3 is 10.1 Å². The molecule has 0 saturated heterocycles. The highest BCUT2D eigenvalue weighted by Crippen LogP contribution is 2.21. The van der Waals surface area contributed by atoms with E-state index in [1.54, 1.807) is 38.1 Å². The fraction of sp³-hybridized carbons (Fsp3) is 0.412. The minimum Gasteiger partial charge on any atom is -0.491 e. The van der Waals surface area contributed by atoms with E-state index >= 15 is 0 Å². The number of amides is 1. The molecule has 0 atom stereocenters. The van der Waals surface area contributed by atoms with Gasteiger partial charge >= 0.3 is 0 Å². The normalized spacial score (nSPS) is 11.8. The lowest BCUT2D eigenvalue weighted by Gasteiger charge is -2.17. The highest BCUT2D eigenvalue weighted by atomic mass is 32.2. The van der Waals surface area contributed by atoms with Crippen molar-refractivity contribution in [3.63, 3.8) is 0 Å². The Morgan fingerprint density at radius 3 is 2.38 bits per heavy atom. The number of anilines is 1. The number of H-pyrrole nitrogens is 1. The summed E-state index contributed by atoms with van der Waals surface area (Å²) in [5.41, 5.74) is 1.37. The quantitative estimate of drug-likeness (QED) is 0.765. The van der Waals surface area contributed by atoms with Crippen LogP contribution in [0.15, 0.2) is 29.2 Å². The van der Waals surface area contributed by atoms with Crippen LogP contribution in [0.4, 0.5) is 5.69 Å². The number of aromatic nitrogens is 2. The summed E-state index contributed by atoms with van der Waals surface area (Å²) in [5.74, 6) is 0.260. The third kappa shape index (κ3) is 4.61. The van der Waals surface area contributed by atoms with Gasteiger partial charge in [-0.2, -0.15) is 9.40 Å². The molecule has 1 aromatic heterocycles. The van der Waals surface area contributed by atoms with Crippen molar-refractivity contribution < 1.29 is 17.9 Å². The van der Waals surface area contributed by atoms with Crippen molar-refractivity contribution in [2.24, 2.45) is 0 Å². The molecule has 1 amide bonds. The van der Waals surface area contributed by atoms with E-state index in [0.29, 0.717) is 22.8 Å². The number of carbonyl (C=O) groups excluding carboxylic acids is 1. The number of aryl methyl sites for hydroxylation is 2. The molecule has 0 aliphatic heterocycles. The van der Waals surface area contributed by atoms with Crippen molar-refractivity contribution in [3.05, 3.63) is 35.7 Å². The van der Waals surface area contributed by atoms with Gasteiger partial charge in [-0.3, -0.25) is 9.89 Å².